The number of hydrogen-bond donors (Lipinski definition) is 1. The topological polar surface area (TPSA) is 72.8 Å². The molecule has 1 aromatic rings. The number of hydrogen-bond acceptors (Lipinski definition) is 5. The van der Waals surface area contributed by atoms with Crippen molar-refractivity contribution >= 4 is 11.9 Å². The lowest BCUT2D eigenvalue weighted by Gasteiger charge is -2.60. The Morgan fingerprint density at radius 3 is 1.74 bits per heavy atom. The molecule has 1 N–H and O–H groups in total. The lowest BCUT2D eigenvalue weighted by Crippen LogP contribution is -2.60. The van der Waals surface area contributed by atoms with E-state index in [0.717, 1.165) is 80.0 Å². The first-order chi connectivity index (χ1) is 25.1. The second kappa shape index (κ2) is 15.5. The van der Waals surface area contributed by atoms with Gasteiger partial charge in [-0.1, -0.05) is 53.7 Å². The predicted octanol–water partition coefficient (Wildman–Crippen LogP) is 12.3. The molecule has 0 spiro atoms. The fourth-order valence-corrected chi connectivity index (χ4v) is 13.1. The third kappa shape index (κ3) is 7.48. The summed E-state index contributed by atoms with van der Waals surface area (Å²) in [6.45, 7) is 21.1. The standard InChI is InChI=1S/C20H32O2.C18H30O2.C10H14O/c1-5-19(3,4)18(21)22-20(6-2)11-14-10-15(20)17-13-8-7-12(9-13)16(14)17;1-5-17(3,4)16(19)20-18(6-2)14-8-12-7-13(10-14)11-15(18)9-12;1-3-8(2)9-4-6-10(11)7-5-9/h12-17H,5-11H2,1-4H3;12-15H,5-11H2,1-4H3;4-8,11H,3H2,1-2H3. The molecule has 9 rings (SSSR count). The molecule has 8 atom stereocenters. The Balaban J connectivity index is 0.000000144. The molecule has 0 saturated heterocycles. The van der Waals surface area contributed by atoms with Crippen molar-refractivity contribution in [3.05, 3.63) is 29.8 Å². The van der Waals surface area contributed by atoms with Crippen molar-refractivity contribution in [3.63, 3.8) is 0 Å². The maximum absolute atomic E-state index is 12.7. The molecule has 0 amide bonds. The Hall–Kier alpha value is -2.04. The van der Waals surface area contributed by atoms with Crippen molar-refractivity contribution in [1.82, 2.24) is 0 Å². The zero-order valence-electron chi connectivity index (χ0n) is 35.3. The van der Waals surface area contributed by atoms with Crippen molar-refractivity contribution in [2.75, 3.05) is 0 Å². The molecule has 8 saturated carbocycles. The fourth-order valence-electron chi connectivity index (χ4n) is 13.1. The lowest BCUT2D eigenvalue weighted by molar-refractivity contribution is -0.218. The van der Waals surface area contributed by atoms with Crippen molar-refractivity contribution in [2.45, 2.75) is 183 Å². The SMILES string of the molecule is CCC(C)(C)C(=O)OC1(CC)C2CC3CC(C2)CC1C3.CCC(C)(C)C(=O)OC1(CC)CC2CC1C1C3CCC(C3)C21.CCC(C)c1ccc(O)cc1. The Morgan fingerprint density at radius 2 is 1.25 bits per heavy atom. The van der Waals surface area contributed by atoms with Crippen LogP contribution in [-0.4, -0.2) is 28.2 Å². The third-order valence-corrected chi connectivity index (χ3v) is 17.1. The largest absolute Gasteiger partial charge is 0.508 e. The van der Waals surface area contributed by atoms with Crippen LogP contribution in [0.2, 0.25) is 0 Å². The van der Waals surface area contributed by atoms with E-state index in [9.17, 15) is 9.59 Å². The molecule has 0 heterocycles. The quantitative estimate of drug-likeness (QED) is 0.191. The number of phenols is 1. The van der Waals surface area contributed by atoms with Crippen LogP contribution >= 0.6 is 0 Å². The molecule has 8 unspecified atom stereocenters. The maximum Gasteiger partial charge on any atom is 0.312 e. The molecule has 8 fully saturated rings. The first-order valence-electron chi connectivity index (χ1n) is 22.3. The number of aromatic hydroxyl groups is 1. The number of fused-ring (bicyclic) bond motifs is 9. The summed E-state index contributed by atoms with van der Waals surface area (Å²) < 4.78 is 12.6. The number of benzene rings is 1. The van der Waals surface area contributed by atoms with Gasteiger partial charge in [0.1, 0.15) is 17.0 Å². The molecule has 5 nitrogen and oxygen atoms in total. The van der Waals surface area contributed by atoms with Gasteiger partial charge >= 0.3 is 11.9 Å². The smallest absolute Gasteiger partial charge is 0.312 e. The second-order valence-corrected chi connectivity index (χ2v) is 20.5. The van der Waals surface area contributed by atoms with Crippen LogP contribution in [0.5, 0.6) is 5.75 Å². The molecule has 0 radical (unpaired) electrons. The van der Waals surface area contributed by atoms with Crippen molar-refractivity contribution in [2.24, 2.45) is 70.0 Å². The minimum atomic E-state index is -0.336. The van der Waals surface area contributed by atoms with E-state index in [1.807, 2.05) is 39.8 Å². The lowest BCUT2D eigenvalue weighted by atomic mass is 9.49. The Bertz CT molecular complexity index is 1400. The van der Waals surface area contributed by atoms with Gasteiger partial charge in [-0.05, 0) is 201 Å². The molecular weight excluding hydrogens is 657 g/mol. The van der Waals surface area contributed by atoms with E-state index in [0.29, 0.717) is 29.4 Å². The Kier molecular flexibility index (Phi) is 11.9. The highest BCUT2D eigenvalue weighted by Gasteiger charge is 2.68. The summed E-state index contributed by atoms with van der Waals surface area (Å²) in [7, 11) is 0. The van der Waals surface area contributed by atoms with Crippen LogP contribution in [0, 0.1) is 70.0 Å². The predicted molar refractivity (Wildman–Crippen MR) is 214 cm³/mol. The minimum absolute atomic E-state index is 0.0364. The molecule has 5 heteroatoms. The maximum atomic E-state index is 12.7. The van der Waals surface area contributed by atoms with Crippen molar-refractivity contribution in [3.8, 4) is 5.75 Å². The second-order valence-electron chi connectivity index (χ2n) is 20.5. The zero-order valence-corrected chi connectivity index (χ0v) is 35.3. The summed E-state index contributed by atoms with van der Waals surface area (Å²) in [5.74, 6) is 9.51. The number of phenolic OH excluding ortho intramolecular Hbond substituents is 1. The van der Waals surface area contributed by atoms with Crippen LogP contribution in [0.15, 0.2) is 24.3 Å². The van der Waals surface area contributed by atoms with Crippen LogP contribution in [-0.2, 0) is 19.1 Å². The van der Waals surface area contributed by atoms with Crippen LogP contribution in [0.3, 0.4) is 0 Å². The van der Waals surface area contributed by atoms with Gasteiger partial charge in [-0.2, -0.15) is 0 Å². The summed E-state index contributed by atoms with van der Waals surface area (Å²) in [5.41, 5.74) is 0.372. The molecule has 298 valence electrons. The Labute approximate surface area is 323 Å². The van der Waals surface area contributed by atoms with E-state index in [2.05, 4.69) is 41.5 Å². The molecule has 8 aliphatic rings. The minimum Gasteiger partial charge on any atom is -0.508 e. The number of ether oxygens (including phenoxy) is 2. The molecule has 0 aromatic heterocycles. The van der Waals surface area contributed by atoms with E-state index in [-0.39, 0.29) is 34.0 Å². The highest BCUT2D eigenvalue weighted by Crippen LogP contribution is 2.71. The van der Waals surface area contributed by atoms with Gasteiger partial charge in [0, 0.05) is 5.92 Å². The zero-order chi connectivity index (χ0) is 38.5. The van der Waals surface area contributed by atoms with Gasteiger partial charge in [-0.15, -0.1) is 0 Å². The van der Waals surface area contributed by atoms with Crippen molar-refractivity contribution < 1.29 is 24.2 Å². The first kappa shape index (κ1) is 40.6. The number of rotatable bonds is 10. The molecule has 8 aliphatic carbocycles. The monoisotopic (exact) mass is 733 g/mol. The van der Waals surface area contributed by atoms with E-state index >= 15 is 0 Å². The summed E-state index contributed by atoms with van der Waals surface area (Å²) >= 11 is 0. The normalized spacial score (nSPS) is 39.1. The summed E-state index contributed by atoms with van der Waals surface area (Å²) in [6.07, 6.45) is 18.5. The van der Waals surface area contributed by atoms with Crippen LogP contribution in [0.4, 0.5) is 0 Å². The molecule has 1 aromatic carbocycles. The van der Waals surface area contributed by atoms with Gasteiger partial charge in [0.15, 0.2) is 0 Å². The van der Waals surface area contributed by atoms with E-state index < -0.39 is 0 Å². The number of esters is 2. The van der Waals surface area contributed by atoms with Gasteiger partial charge in [0.05, 0.1) is 10.8 Å². The van der Waals surface area contributed by atoms with Crippen LogP contribution in [0.1, 0.15) is 177 Å². The first-order valence-corrected chi connectivity index (χ1v) is 22.3. The molecular formula is C48H76O5. The molecule has 8 bridgehead atoms. The van der Waals surface area contributed by atoms with E-state index in [1.54, 1.807) is 12.1 Å². The average molecular weight is 733 g/mol. The molecule has 0 aliphatic heterocycles. The van der Waals surface area contributed by atoms with Gasteiger partial charge in [0.25, 0.3) is 0 Å². The Morgan fingerprint density at radius 1 is 0.717 bits per heavy atom. The summed E-state index contributed by atoms with van der Waals surface area (Å²) in [6, 6.07) is 7.43. The summed E-state index contributed by atoms with van der Waals surface area (Å²) in [5, 5.41) is 9.01. The van der Waals surface area contributed by atoms with Gasteiger partial charge < -0.3 is 14.6 Å². The third-order valence-electron chi connectivity index (χ3n) is 17.1. The van der Waals surface area contributed by atoms with E-state index in [4.69, 9.17) is 14.6 Å². The van der Waals surface area contributed by atoms with Crippen molar-refractivity contribution in [1.29, 1.82) is 0 Å². The summed E-state index contributed by atoms with van der Waals surface area (Å²) in [4.78, 5) is 25.4. The highest BCUT2D eigenvalue weighted by molar-refractivity contribution is 5.77. The fraction of sp³-hybridized carbons (Fsp3) is 0.833. The van der Waals surface area contributed by atoms with Crippen LogP contribution in [0.25, 0.3) is 0 Å². The number of carbonyl (C=O) groups excluding carboxylic acids is 2. The average Bonchev–Trinajstić information content (AvgIpc) is 3.94. The number of carbonyl (C=O) groups is 2. The van der Waals surface area contributed by atoms with Gasteiger partial charge in [-0.3, -0.25) is 9.59 Å². The molecule has 53 heavy (non-hydrogen) atoms. The van der Waals surface area contributed by atoms with Gasteiger partial charge in [0.2, 0.25) is 0 Å². The van der Waals surface area contributed by atoms with Gasteiger partial charge in [-0.25, -0.2) is 0 Å². The highest BCUT2D eigenvalue weighted by atomic mass is 16.6. The van der Waals surface area contributed by atoms with Crippen LogP contribution < -0.4 is 0 Å². The van der Waals surface area contributed by atoms with E-state index in [1.165, 1.54) is 63.4 Å².